The first kappa shape index (κ1) is 20.2. The smallest absolute Gasteiger partial charge is 0.410 e. The molecule has 0 aromatic rings. The Bertz CT molecular complexity index is 479. The van der Waals surface area contributed by atoms with Gasteiger partial charge in [-0.25, -0.2) is 4.79 Å². The molecule has 0 aromatic carbocycles. The van der Waals surface area contributed by atoms with E-state index in [-0.39, 0.29) is 24.0 Å². The van der Waals surface area contributed by atoms with Crippen molar-refractivity contribution in [2.75, 3.05) is 33.7 Å². The van der Waals surface area contributed by atoms with Gasteiger partial charge in [0.1, 0.15) is 5.60 Å². The van der Waals surface area contributed by atoms with Crippen LogP contribution in [0.15, 0.2) is 0 Å². The van der Waals surface area contributed by atoms with Crippen LogP contribution >= 0.6 is 0 Å². The third-order valence-electron chi connectivity index (χ3n) is 3.95. The van der Waals surface area contributed by atoms with Crippen LogP contribution in [-0.4, -0.2) is 67.2 Å². The molecule has 1 fully saturated rings. The second-order valence-electron chi connectivity index (χ2n) is 7.49. The molecule has 0 spiro atoms. The average molecular weight is 338 g/mol. The molecule has 1 aliphatic heterocycles. The molecule has 1 rings (SSSR count). The third kappa shape index (κ3) is 6.75. The zero-order valence-corrected chi connectivity index (χ0v) is 15.5. The molecule has 136 valence electrons. The summed E-state index contributed by atoms with van der Waals surface area (Å²) in [5.41, 5.74) is -0.558. The van der Waals surface area contributed by atoms with E-state index in [1.54, 1.807) is 4.90 Å². The Morgan fingerprint density at radius 3 is 2.54 bits per heavy atom. The van der Waals surface area contributed by atoms with Gasteiger partial charge in [-0.3, -0.25) is 4.79 Å². The molecule has 0 bridgehead atoms. The normalized spacial score (nSPS) is 21.3. The highest BCUT2D eigenvalue weighted by Gasteiger charge is 2.36. The molecule has 1 aliphatic rings. The molecular weight excluding hydrogens is 308 g/mol. The lowest BCUT2D eigenvalue weighted by molar-refractivity contribution is -0.127. The van der Waals surface area contributed by atoms with Crippen LogP contribution in [0.2, 0.25) is 0 Å². The number of likely N-dealkylation sites (tertiary alicyclic amines) is 1. The molecule has 2 amide bonds. The van der Waals surface area contributed by atoms with Crippen molar-refractivity contribution < 1.29 is 14.3 Å². The lowest BCUT2D eigenvalue weighted by Gasteiger charge is -2.40. The van der Waals surface area contributed by atoms with Gasteiger partial charge in [0.15, 0.2) is 0 Å². The minimum atomic E-state index is -0.558. The maximum atomic E-state index is 12.4. The molecule has 24 heavy (non-hydrogen) atoms. The number of ether oxygens (including phenoxy) is 1. The Morgan fingerprint density at radius 1 is 1.33 bits per heavy atom. The van der Waals surface area contributed by atoms with Crippen molar-refractivity contribution in [3.05, 3.63) is 0 Å². The maximum absolute atomic E-state index is 12.4. The molecule has 1 saturated heterocycles. The number of carbonyl (C=O) groups excluding carboxylic acids is 2. The summed E-state index contributed by atoms with van der Waals surface area (Å²) in [5.74, 6) is -0.325. The molecule has 2 atom stereocenters. The Kier molecular flexibility index (Phi) is 7.49. The molecule has 0 aromatic heterocycles. The number of nitriles is 1. The van der Waals surface area contributed by atoms with Crippen LogP contribution in [0.5, 0.6) is 0 Å². The first-order chi connectivity index (χ1) is 11.1. The van der Waals surface area contributed by atoms with Gasteiger partial charge in [-0.05, 0) is 47.7 Å². The summed E-state index contributed by atoms with van der Waals surface area (Å²) >= 11 is 0. The number of piperidine rings is 1. The highest BCUT2D eigenvalue weighted by atomic mass is 16.6. The van der Waals surface area contributed by atoms with E-state index in [1.165, 1.54) is 0 Å². The fraction of sp³-hybridized carbons (Fsp3) is 0.824. The van der Waals surface area contributed by atoms with Crippen LogP contribution in [0, 0.1) is 17.2 Å². The van der Waals surface area contributed by atoms with Crippen molar-refractivity contribution >= 4 is 12.0 Å². The van der Waals surface area contributed by atoms with Gasteiger partial charge in [0, 0.05) is 32.1 Å². The van der Waals surface area contributed by atoms with Crippen molar-refractivity contribution in [2.24, 2.45) is 5.92 Å². The topological polar surface area (TPSA) is 85.7 Å². The lowest BCUT2D eigenvalue weighted by Crippen LogP contribution is -2.54. The molecule has 1 N–H and O–H groups in total. The summed E-state index contributed by atoms with van der Waals surface area (Å²) in [5, 5.41) is 11.4. The minimum absolute atomic E-state index is 0.0620. The van der Waals surface area contributed by atoms with Crippen LogP contribution in [0.1, 0.15) is 40.0 Å². The number of nitrogens with one attached hydrogen (secondary N) is 1. The Morgan fingerprint density at radius 2 is 2.00 bits per heavy atom. The van der Waals surface area contributed by atoms with Gasteiger partial charge in [-0.15, -0.1) is 0 Å². The minimum Gasteiger partial charge on any atom is -0.444 e. The standard InChI is InChI=1S/C17H30N4O3/c1-17(2,3)24-16(23)21-11-13(10-14(12-21)20(4)5)15(22)19-9-7-6-8-18/h13-14H,6-7,9-12H2,1-5H3,(H,19,22). The highest BCUT2D eigenvalue weighted by Crippen LogP contribution is 2.22. The monoisotopic (exact) mass is 338 g/mol. The quantitative estimate of drug-likeness (QED) is 0.770. The van der Waals surface area contributed by atoms with Crippen molar-refractivity contribution in [1.29, 1.82) is 5.26 Å². The van der Waals surface area contributed by atoms with E-state index >= 15 is 0 Å². The second kappa shape index (κ2) is 8.88. The van der Waals surface area contributed by atoms with Crippen molar-refractivity contribution in [3.8, 4) is 6.07 Å². The Hall–Kier alpha value is -1.81. The molecule has 0 saturated carbocycles. The lowest BCUT2D eigenvalue weighted by atomic mass is 9.93. The number of carbonyl (C=O) groups is 2. The SMILES string of the molecule is CN(C)C1CC(C(=O)NCCCC#N)CN(C(=O)OC(C)(C)C)C1. The number of rotatable bonds is 5. The Labute approximate surface area is 144 Å². The van der Waals surface area contributed by atoms with Gasteiger partial charge in [-0.1, -0.05) is 0 Å². The average Bonchev–Trinajstić information content (AvgIpc) is 2.49. The van der Waals surface area contributed by atoms with E-state index in [0.29, 0.717) is 38.9 Å². The van der Waals surface area contributed by atoms with Gasteiger partial charge in [0.25, 0.3) is 0 Å². The summed E-state index contributed by atoms with van der Waals surface area (Å²) in [7, 11) is 3.90. The fourth-order valence-corrected chi connectivity index (χ4v) is 2.64. The second-order valence-corrected chi connectivity index (χ2v) is 7.49. The number of hydrogen-bond acceptors (Lipinski definition) is 5. The van der Waals surface area contributed by atoms with Crippen molar-refractivity contribution in [1.82, 2.24) is 15.1 Å². The molecule has 2 unspecified atom stereocenters. The van der Waals surface area contributed by atoms with E-state index in [9.17, 15) is 9.59 Å². The molecule has 7 heteroatoms. The summed E-state index contributed by atoms with van der Waals surface area (Å²) < 4.78 is 5.45. The van der Waals surface area contributed by atoms with Crippen LogP contribution < -0.4 is 5.32 Å². The summed E-state index contributed by atoms with van der Waals surface area (Å²) in [6.07, 6.45) is 1.39. The number of hydrogen-bond donors (Lipinski definition) is 1. The fourth-order valence-electron chi connectivity index (χ4n) is 2.64. The molecular formula is C17H30N4O3. The predicted octanol–water partition coefficient (Wildman–Crippen LogP) is 1.59. The molecule has 7 nitrogen and oxygen atoms in total. The molecule has 1 heterocycles. The van der Waals surface area contributed by atoms with Gasteiger partial charge in [-0.2, -0.15) is 5.26 Å². The molecule has 0 aliphatic carbocycles. The van der Waals surface area contributed by atoms with Gasteiger partial charge in [0.2, 0.25) is 5.91 Å². The van der Waals surface area contributed by atoms with Crippen molar-refractivity contribution in [3.63, 3.8) is 0 Å². The van der Waals surface area contributed by atoms with E-state index in [1.807, 2.05) is 39.8 Å². The van der Waals surface area contributed by atoms with Crippen LogP contribution in [0.25, 0.3) is 0 Å². The summed E-state index contributed by atoms with van der Waals surface area (Å²) in [6.45, 7) is 6.90. The van der Waals surface area contributed by atoms with E-state index < -0.39 is 5.60 Å². The van der Waals surface area contributed by atoms with Crippen molar-refractivity contribution in [2.45, 2.75) is 51.7 Å². The van der Waals surface area contributed by atoms with E-state index in [2.05, 4.69) is 11.4 Å². The zero-order chi connectivity index (χ0) is 18.3. The third-order valence-corrected chi connectivity index (χ3v) is 3.95. The highest BCUT2D eigenvalue weighted by molar-refractivity contribution is 5.80. The van der Waals surface area contributed by atoms with Crippen LogP contribution in [0.4, 0.5) is 4.79 Å². The first-order valence-corrected chi connectivity index (χ1v) is 8.43. The van der Waals surface area contributed by atoms with Gasteiger partial charge >= 0.3 is 6.09 Å². The van der Waals surface area contributed by atoms with Gasteiger partial charge in [0.05, 0.1) is 12.0 Å². The zero-order valence-electron chi connectivity index (χ0n) is 15.5. The number of unbranched alkanes of at least 4 members (excludes halogenated alkanes) is 1. The predicted molar refractivity (Wildman–Crippen MR) is 91.2 cm³/mol. The van der Waals surface area contributed by atoms with Crippen LogP contribution in [0.3, 0.4) is 0 Å². The van der Waals surface area contributed by atoms with E-state index in [0.717, 1.165) is 0 Å². The number of nitrogens with zero attached hydrogens (tertiary/aromatic N) is 3. The maximum Gasteiger partial charge on any atom is 0.410 e. The van der Waals surface area contributed by atoms with Gasteiger partial charge < -0.3 is 19.9 Å². The van der Waals surface area contributed by atoms with Crippen LogP contribution in [-0.2, 0) is 9.53 Å². The number of likely N-dealkylation sites (N-methyl/N-ethyl adjacent to an activating group) is 1. The first-order valence-electron chi connectivity index (χ1n) is 8.43. The Balaban J connectivity index is 2.69. The summed E-state index contributed by atoms with van der Waals surface area (Å²) in [6, 6.07) is 2.17. The largest absolute Gasteiger partial charge is 0.444 e. The molecule has 0 radical (unpaired) electrons. The summed E-state index contributed by atoms with van der Waals surface area (Å²) in [4.78, 5) is 28.4. The number of amides is 2. The van der Waals surface area contributed by atoms with E-state index in [4.69, 9.17) is 10.00 Å².